The van der Waals surface area contributed by atoms with Crippen molar-refractivity contribution in [3.63, 3.8) is 0 Å². The first-order valence-corrected chi connectivity index (χ1v) is 4.97. The molecule has 0 aliphatic carbocycles. The summed E-state index contributed by atoms with van der Waals surface area (Å²) in [6.07, 6.45) is 4.44. The maximum absolute atomic E-state index is 4.21. The molecule has 0 bridgehead atoms. The lowest BCUT2D eigenvalue weighted by molar-refractivity contribution is 0.996. The van der Waals surface area contributed by atoms with E-state index in [0.717, 1.165) is 12.2 Å². The molecule has 2 aromatic heterocycles. The number of hydrogen-bond acceptors (Lipinski definition) is 1. The number of rotatable bonds is 2. The van der Waals surface area contributed by atoms with Crippen LogP contribution in [0.15, 0.2) is 42.7 Å². The number of aromatic amines is 2. The minimum absolute atomic E-state index is 0.821. The third-order valence-electron chi connectivity index (χ3n) is 2.50. The van der Waals surface area contributed by atoms with E-state index in [9.17, 15) is 0 Å². The summed E-state index contributed by atoms with van der Waals surface area (Å²) in [6.45, 7) is 0. The smallest absolute Gasteiger partial charge is 0.111 e. The van der Waals surface area contributed by atoms with Crippen molar-refractivity contribution in [2.24, 2.45) is 0 Å². The van der Waals surface area contributed by atoms with Crippen molar-refractivity contribution in [1.82, 2.24) is 15.0 Å². The molecule has 3 nitrogen and oxygen atoms in total. The molecule has 0 amide bonds. The standard InChI is InChI=1S/C12H11N3/c1-2-4-11-9(3-1)7-10(15-11)8-12-13-5-6-14-12/h1-7,15H,8H2,(H,13,14). The summed E-state index contributed by atoms with van der Waals surface area (Å²) in [5.41, 5.74) is 2.37. The third kappa shape index (κ3) is 1.52. The summed E-state index contributed by atoms with van der Waals surface area (Å²) in [5, 5.41) is 1.25. The summed E-state index contributed by atoms with van der Waals surface area (Å²) in [6, 6.07) is 10.4. The molecule has 0 radical (unpaired) electrons. The van der Waals surface area contributed by atoms with Crippen molar-refractivity contribution in [2.75, 3.05) is 0 Å². The summed E-state index contributed by atoms with van der Waals surface area (Å²) in [5.74, 6) is 0.988. The Kier molecular flexibility index (Phi) is 1.81. The Bertz CT molecular complexity index is 530. The molecule has 2 N–H and O–H groups in total. The highest BCUT2D eigenvalue weighted by Crippen LogP contribution is 2.15. The lowest BCUT2D eigenvalue weighted by Crippen LogP contribution is -1.89. The minimum atomic E-state index is 0.821. The average molecular weight is 197 g/mol. The first kappa shape index (κ1) is 8.29. The van der Waals surface area contributed by atoms with Crippen molar-refractivity contribution in [3.05, 3.63) is 54.2 Å². The van der Waals surface area contributed by atoms with Gasteiger partial charge in [0, 0.05) is 30.0 Å². The molecule has 3 rings (SSSR count). The number of hydrogen-bond donors (Lipinski definition) is 2. The van der Waals surface area contributed by atoms with E-state index >= 15 is 0 Å². The van der Waals surface area contributed by atoms with Gasteiger partial charge in [-0.05, 0) is 17.5 Å². The van der Waals surface area contributed by atoms with E-state index in [1.165, 1.54) is 16.6 Å². The number of nitrogens with one attached hydrogen (secondary N) is 2. The normalized spacial score (nSPS) is 10.9. The summed E-state index contributed by atoms with van der Waals surface area (Å²) in [7, 11) is 0. The Morgan fingerprint density at radius 1 is 1.20 bits per heavy atom. The van der Waals surface area contributed by atoms with Crippen LogP contribution in [0.4, 0.5) is 0 Å². The fourth-order valence-electron chi connectivity index (χ4n) is 1.80. The van der Waals surface area contributed by atoms with Crippen LogP contribution in [0.1, 0.15) is 11.5 Å². The molecule has 1 aromatic carbocycles. The van der Waals surface area contributed by atoms with Crippen molar-refractivity contribution >= 4 is 10.9 Å². The summed E-state index contributed by atoms with van der Waals surface area (Å²) >= 11 is 0. The van der Waals surface area contributed by atoms with Crippen LogP contribution in [-0.2, 0) is 6.42 Å². The van der Waals surface area contributed by atoms with E-state index < -0.39 is 0 Å². The minimum Gasteiger partial charge on any atom is -0.358 e. The second-order valence-corrected chi connectivity index (χ2v) is 3.59. The van der Waals surface area contributed by atoms with Crippen LogP contribution in [0.3, 0.4) is 0 Å². The lowest BCUT2D eigenvalue weighted by atomic mass is 10.2. The Morgan fingerprint density at radius 2 is 2.13 bits per heavy atom. The van der Waals surface area contributed by atoms with Crippen LogP contribution in [-0.4, -0.2) is 15.0 Å². The molecule has 2 heterocycles. The Labute approximate surface area is 87.2 Å². The average Bonchev–Trinajstić information content (AvgIpc) is 2.86. The molecular formula is C12H11N3. The number of imidazole rings is 1. The second-order valence-electron chi connectivity index (χ2n) is 3.59. The Hall–Kier alpha value is -2.03. The van der Waals surface area contributed by atoms with Crippen molar-refractivity contribution in [1.29, 1.82) is 0 Å². The van der Waals surface area contributed by atoms with Gasteiger partial charge in [-0.25, -0.2) is 4.98 Å². The predicted octanol–water partition coefficient (Wildman–Crippen LogP) is 2.48. The van der Waals surface area contributed by atoms with Crippen LogP contribution in [0, 0.1) is 0 Å². The zero-order valence-corrected chi connectivity index (χ0v) is 8.20. The first-order valence-electron chi connectivity index (χ1n) is 4.97. The van der Waals surface area contributed by atoms with Crippen LogP contribution in [0.25, 0.3) is 10.9 Å². The van der Waals surface area contributed by atoms with E-state index in [1.807, 2.05) is 18.3 Å². The molecule has 3 aromatic rings. The largest absolute Gasteiger partial charge is 0.358 e. The molecule has 3 heteroatoms. The van der Waals surface area contributed by atoms with Gasteiger partial charge in [0.15, 0.2) is 0 Å². The highest BCUT2D eigenvalue weighted by molar-refractivity contribution is 5.80. The maximum atomic E-state index is 4.21. The van der Waals surface area contributed by atoms with Crippen LogP contribution in [0.5, 0.6) is 0 Å². The van der Waals surface area contributed by atoms with E-state index in [1.54, 1.807) is 6.20 Å². The second kappa shape index (κ2) is 3.28. The molecule has 74 valence electrons. The number of fused-ring (bicyclic) bond motifs is 1. The number of nitrogens with zero attached hydrogens (tertiary/aromatic N) is 1. The Morgan fingerprint density at radius 3 is 2.93 bits per heavy atom. The maximum Gasteiger partial charge on any atom is 0.111 e. The summed E-state index contributed by atoms with van der Waals surface area (Å²) in [4.78, 5) is 10.7. The molecule has 0 unspecified atom stereocenters. The van der Waals surface area contributed by atoms with Crippen LogP contribution in [0.2, 0.25) is 0 Å². The molecule has 0 aliphatic rings. The highest BCUT2D eigenvalue weighted by atomic mass is 14.9. The molecule has 0 spiro atoms. The summed E-state index contributed by atoms with van der Waals surface area (Å²) < 4.78 is 0. The molecule has 15 heavy (non-hydrogen) atoms. The lowest BCUT2D eigenvalue weighted by Gasteiger charge is -1.91. The monoisotopic (exact) mass is 197 g/mol. The van der Waals surface area contributed by atoms with E-state index in [4.69, 9.17) is 0 Å². The van der Waals surface area contributed by atoms with Gasteiger partial charge in [0.05, 0.1) is 0 Å². The fraction of sp³-hybridized carbons (Fsp3) is 0.0833. The Balaban J connectivity index is 1.98. The van der Waals surface area contributed by atoms with Gasteiger partial charge in [-0.3, -0.25) is 0 Å². The van der Waals surface area contributed by atoms with Crippen LogP contribution < -0.4 is 0 Å². The van der Waals surface area contributed by atoms with Gasteiger partial charge in [0.2, 0.25) is 0 Å². The number of aromatic nitrogens is 3. The molecule has 0 fully saturated rings. The highest BCUT2D eigenvalue weighted by Gasteiger charge is 2.02. The van der Waals surface area contributed by atoms with E-state index in [2.05, 4.69) is 33.2 Å². The van der Waals surface area contributed by atoms with E-state index in [-0.39, 0.29) is 0 Å². The van der Waals surface area contributed by atoms with Gasteiger partial charge >= 0.3 is 0 Å². The molecule has 0 aliphatic heterocycles. The zero-order chi connectivity index (χ0) is 10.1. The SMILES string of the molecule is c1ccc2[nH]c(Cc3ncc[nH]3)cc2c1. The zero-order valence-electron chi connectivity index (χ0n) is 8.20. The van der Waals surface area contributed by atoms with Gasteiger partial charge in [-0.15, -0.1) is 0 Å². The van der Waals surface area contributed by atoms with Gasteiger partial charge in [0.1, 0.15) is 5.82 Å². The van der Waals surface area contributed by atoms with Gasteiger partial charge in [-0.2, -0.15) is 0 Å². The van der Waals surface area contributed by atoms with Crippen LogP contribution >= 0.6 is 0 Å². The number of para-hydroxylation sites is 1. The quantitative estimate of drug-likeness (QED) is 0.651. The third-order valence-corrected chi connectivity index (χ3v) is 2.50. The predicted molar refractivity (Wildman–Crippen MR) is 59.7 cm³/mol. The van der Waals surface area contributed by atoms with Gasteiger partial charge < -0.3 is 9.97 Å². The fourth-order valence-corrected chi connectivity index (χ4v) is 1.80. The van der Waals surface area contributed by atoms with E-state index in [0.29, 0.717) is 0 Å². The van der Waals surface area contributed by atoms with Crippen molar-refractivity contribution in [3.8, 4) is 0 Å². The first-order chi connectivity index (χ1) is 7.42. The van der Waals surface area contributed by atoms with Crippen molar-refractivity contribution in [2.45, 2.75) is 6.42 Å². The molecule has 0 saturated carbocycles. The molecule has 0 saturated heterocycles. The number of H-pyrrole nitrogens is 2. The number of benzene rings is 1. The van der Waals surface area contributed by atoms with Gasteiger partial charge in [0.25, 0.3) is 0 Å². The molecular weight excluding hydrogens is 186 g/mol. The van der Waals surface area contributed by atoms with Crippen molar-refractivity contribution < 1.29 is 0 Å². The van der Waals surface area contributed by atoms with Gasteiger partial charge in [-0.1, -0.05) is 18.2 Å². The molecule has 0 atom stereocenters. The topological polar surface area (TPSA) is 44.5 Å².